The lowest BCUT2D eigenvalue weighted by Gasteiger charge is -2.62. The molecule has 0 aliphatic heterocycles. The molecule has 184 valence electrons. The van der Waals surface area contributed by atoms with Gasteiger partial charge in [-0.15, -0.1) is 0 Å². The lowest BCUT2D eigenvalue weighted by atomic mass is 9.43. The zero-order chi connectivity index (χ0) is 23.3. The van der Waals surface area contributed by atoms with Crippen molar-refractivity contribution in [3.05, 3.63) is 0 Å². The summed E-state index contributed by atoms with van der Waals surface area (Å²) in [4.78, 5) is 11.5. The van der Waals surface area contributed by atoms with Crippen LogP contribution in [0.2, 0.25) is 0 Å². The summed E-state index contributed by atoms with van der Waals surface area (Å²) in [5.74, 6) is 4.61. The minimum Gasteiger partial charge on any atom is -0.463 e. The van der Waals surface area contributed by atoms with Gasteiger partial charge in [-0.1, -0.05) is 53.9 Å². The number of aliphatic hydroxyl groups excluding tert-OH is 1. The van der Waals surface area contributed by atoms with Crippen LogP contribution >= 0.6 is 0 Å². The Labute approximate surface area is 197 Å². The number of hydrogen-bond donors (Lipinski definition) is 1. The molecule has 0 spiro atoms. The summed E-state index contributed by atoms with van der Waals surface area (Å²) in [6.45, 7) is 13.9. The van der Waals surface area contributed by atoms with Crippen LogP contribution in [0.4, 0.5) is 0 Å². The first-order valence-corrected chi connectivity index (χ1v) is 13.9. The van der Waals surface area contributed by atoms with Gasteiger partial charge < -0.3 is 9.84 Å². The van der Waals surface area contributed by atoms with E-state index in [0.717, 1.165) is 43.4 Å². The Hall–Kier alpha value is -0.570. The van der Waals surface area contributed by atoms with E-state index in [-0.39, 0.29) is 18.2 Å². The Morgan fingerprint density at radius 3 is 2.34 bits per heavy atom. The molecule has 0 aromatic heterocycles. The second kappa shape index (κ2) is 9.23. The minimum atomic E-state index is -0.172. The SMILES string of the molecule is CC(=O)O[C@@H]1CC[C@@]2(C)[C@H](C1)C[C@@H](O)[C@@H]1[C@H]3CC[C@H]([C@H](C)CCCC(C)C)[C@]3(C)CC[C@H]12. The Kier molecular flexibility index (Phi) is 7.08. The lowest BCUT2D eigenvalue weighted by molar-refractivity contribution is -0.182. The molecule has 32 heavy (non-hydrogen) atoms. The first-order chi connectivity index (χ1) is 15.1. The Bertz CT molecular complexity index is 673. The maximum atomic E-state index is 11.5. The summed E-state index contributed by atoms with van der Waals surface area (Å²) < 4.78 is 5.61. The highest BCUT2D eigenvalue weighted by Gasteiger charge is 2.63. The van der Waals surface area contributed by atoms with E-state index in [9.17, 15) is 9.90 Å². The second-order valence-corrected chi connectivity index (χ2v) is 13.3. The number of carbonyl (C=O) groups excluding carboxylic acids is 1. The quantitative estimate of drug-likeness (QED) is 0.446. The summed E-state index contributed by atoms with van der Waals surface area (Å²) in [5.41, 5.74) is 0.723. The van der Waals surface area contributed by atoms with Crippen LogP contribution < -0.4 is 0 Å². The Morgan fingerprint density at radius 1 is 0.969 bits per heavy atom. The van der Waals surface area contributed by atoms with Crippen molar-refractivity contribution in [3.63, 3.8) is 0 Å². The molecule has 10 atom stereocenters. The molecule has 4 aliphatic rings. The molecule has 0 aromatic rings. The second-order valence-electron chi connectivity index (χ2n) is 13.3. The molecule has 4 saturated carbocycles. The maximum Gasteiger partial charge on any atom is 0.302 e. The van der Waals surface area contributed by atoms with Crippen molar-refractivity contribution >= 4 is 5.97 Å². The molecule has 4 fully saturated rings. The van der Waals surface area contributed by atoms with E-state index in [1.165, 1.54) is 51.9 Å². The summed E-state index contributed by atoms with van der Waals surface area (Å²) in [7, 11) is 0. The third-order valence-corrected chi connectivity index (χ3v) is 11.2. The van der Waals surface area contributed by atoms with E-state index in [1.807, 2.05) is 0 Å². The van der Waals surface area contributed by atoms with Gasteiger partial charge in [0.05, 0.1) is 6.10 Å². The van der Waals surface area contributed by atoms with Gasteiger partial charge in [-0.3, -0.25) is 4.79 Å². The number of esters is 1. The zero-order valence-corrected chi connectivity index (χ0v) is 21.7. The van der Waals surface area contributed by atoms with Crippen LogP contribution in [0.25, 0.3) is 0 Å². The third kappa shape index (κ3) is 4.29. The predicted molar refractivity (Wildman–Crippen MR) is 130 cm³/mol. The largest absolute Gasteiger partial charge is 0.463 e. The van der Waals surface area contributed by atoms with Gasteiger partial charge in [0.15, 0.2) is 0 Å². The predicted octanol–water partition coefficient (Wildman–Crippen LogP) is 7.01. The Morgan fingerprint density at radius 2 is 1.66 bits per heavy atom. The number of carbonyl (C=O) groups is 1. The van der Waals surface area contributed by atoms with E-state index in [2.05, 4.69) is 34.6 Å². The van der Waals surface area contributed by atoms with Crippen LogP contribution in [0, 0.1) is 52.3 Å². The fraction of sp³-hybridized carbons (Fsp3) is 0.966. The van der Waals surface area contributed by atoms with Gasteiger partial charge in [0, 0.05) is 6.92 Å². The molecule has 0 unspecified atom stereocenters. The number of aliphatic hydroxyl groups is 1. The van der Waals surface area contributed by atoms with Crippen LogP contribution in [-0.2, 0) is 9.53 Å². The van der Waals surface area contributed by atoms with Crippen LogP contribution in [0.5, 0.6) is 0 Å². The van der Waals surface area contributed by atoms with Gasteiger partial charge in [0.1, 0.15) is 6.10 Å². The van der Waals surface area contributed by atoms with E-state index in [1.54, 1.807) is 0 Å². The van der Waals surface area contributed by atoms with Crippen molar-refractivity contribution in [1.82, 2.24) is 0 Å². The fourth-order valence-corrected chi connectivity index (χ4v) is 9.55. The summed E-state index contributed by atoms with van der Waals surface area (Å²) in [5, 5.41) is 11.5. The average Bonchev–Trinajstić information content (AvgIpc) is 3.05. The standard InChI is InChI=1S/C29H50O3/c1-18(2)8-7-9-19(3)23-10-11-24-27-25(13-15-29(23,24)6)28(5)14-12-22(32-20(4)30)16-21(28)17-26(27)31/h18-19,21-27,31H,7-17H2,1-6H3/t19-,21-,22-,23-,24-,25-,26-,27-,28+,29+/m1/s1. The molecule has 1 N–H and O–H groups in total. The molecular formula is C29H50O3. The van der Waals surface area contributed by atoms with Gasteiger partial charge >= 0.3 is 5.97 Å². The van der Waals surface area contributed by atoms with E-state index in [0.29, 0.717) is 34.5 Å². The molecule has 0 radical (unpaired) electrons. The van der Waals surface area contributed by atoms with Crippen LogP contribution in [-0.4, -0.2) is 23.3 Å². The number of fused-ring (bicyclic) bond motifs is 5. The molecule has 4 aliphatic carbocycles. The van der Waals surface area contributed by atoms with Crippen LogP contribution in [0.3, 0.4) is 0 Å². The van der Waals surface area contributed by atoms with Gasteiger partial charge in [0.25, 0.3) is 0 Å². The highest BCUT2D eigenvalue weighted by Crippen LogP contribution is 2.68. The zero-order valence-electron chi connectivity index (χ0n) is 21.7. The monoisotopic (exact) mass is 446 g/mol. The smallest absolute Gasteiger partial charge is 0.302 e. The normalized spacial score (nSPS) is 46.8. The molecular weight excluding hydrogens is 396 g/mol. The van der Waals surface area contributed by atoms with E-state index < -0.39 is 0 Å². The first kappa shape index (κ1) is 24.6. The number of rotatable bonds is 6. The topological polar surface area (TPSA) is 46.5 Å². The highest BCUT2D eigenvalue weighted by atomic mass is 16.5. The Balaban J connectivity index is 1.48. The molecule has 3 nitrogen and oxygen atoms in total. The van der Waals surface area contributed by atoms with Crippen molar-refractivity contribution in [2.45, 2.75) is 124 Å². The minimum absolute atomic E-state index is 0.0609. The van der Waals surface area contributed by atoms with Gasteiger partial charge in [-0.05, 0) is 104 Å². The lowest BCUT2D eigenvalue weighted by Crippen LogP contribution is -2.58. The highest BCUT2D eigenvalue weighted by molar-refractivity contribution is 5.66. The molecule has 0 heterocycles. The average molecular weight is 447 g/mol. The number of ether oxygens (including phenoxy) is 1. The molecule has 3 heteroatoms. The summed E-state index contributed by atoms with van der Waals surface area (Å²) in [6.07, 6.45) is 13.3. The molecule has 0 bridgehead atoms. The van der Waals surface area contributed by atoms with Crippen molar-refractivity contribution in [3.8, 4) is 0 Å². The summed E-state index contributed by atoms with van der Waals surface area (Å²) >= 11 is 0. The van der Waals surface area contributed by atoms with Gasteiger partial charge in [0.2, 0.25) is 0 Å². The molecule has 4 rings (SSSR count). The summed E-state index contributed by atoms with van der Waals surface area (Å²) in [6, 6.07) is 0. The number of hydrogen-bond acceptors (Lipinski definition) is 3. The first-order valence-electron chi connectivity index (χ1n) is 13.9. The van der Waals surface area contributed by atoms with Gasteiger partial charge in [-0.2, -0.15) is 0 Å². The van der Waals surface area contributed by atoms with Crippen LogP contribution in [0.1, 0.15) is 112 Å². The fourth-order valence-electron chi connectivity index (χ4n) is 9.55. The van der Waals surface area contributed by atoms with Crippen molar-refractivity contribution in [2.75, 3.05) is 0 Å². The van der Waals surface area contributed by atoms with Crippen molar-refractivity contribution in [1.29, 1.82) is 0 Å². The van der Waals surface area contributed by atoms with Crippen LogP contribution in [0.15, 0.2) is 0 Å². The maximum absolute atomic E-state index is 11.5. The third-order valence-electron chi connectivity index (χ3n) is 11.2. The van der Waals surface area contributed by atoms with Crippen molar-refractivity contribution < 1.29 is 14.6 Å². The molecule has 0 saturated heterocycles. The van der Waals surface area contributed by atoms with E-state index >= 15 is 0 Å². The van der Waals surface area contributed by atoms with Gasteiger partial charge in [-0.25, -0.2) is 0 Å². The van der Waals surface area contributed by atoms with E-state index in [4.69, 9.17) is 4.74 Å². The molecule has 0 aromatic carbocycles. The van der Waals surface area contributed by atoms with Crippen molar-refractivity contribution in [2.24, 2.45) is 52.3 Å². The molecule has 0 amide bonds.